The Balaban J connectivity index is 2.72. The first kappa shape index (κ1) is 9.24. The Labute approximate surface area is 74.2 Å². The average molecular weight is 164 g/mol. The van der Waals surface area contributed by atoms with Crippen molar-refractivity contribution in [1.29, 1.82) is 0 Å². The zero-order valence-electron chi connectivity index (χ0n) is 7.89. The van der Waals surface area contributed by atoms with Crippen molar-refractivity contribution >= 4 is 5.78 Å². The molecular weight excluding hydrogens is 148 g/mol. The van der Waals surface area contributed by atoms with Crippen LogP contribution in [0, 0.1) is 0 Å². The van der Waals surface area contributed by atoms with E-state index >= 15 is 0 Å². The molecule has 0 aromatic rings. The standard InChI is InChI=1S/C11H16O/c1-3-5-9-7-11(12)8-10(9)6-4-2/h5,8H,3-4,6-7H2,1-2H3/b9-5+. The fraction of sp³-hybridized carbons (Fsp3) is 0.545. The molecule has 0 radical (unpaired) electrons. The summed E-state index contributed by atoms with van der Waals surface area (Å²) in [5.74, 6) is 0.276. The number of hydrogen-bond acceptors (Lipinski definition) is 1. The Kier molecular flexibility index (Phi) is 3.27. The molecule has 0 heterocycles. The molecule has 66 valence electrons. The van der Waals surface area contributed by atoms with Crippen LogP contribution in [0.4, 0.5) is 0 Å². The third-order valence-electron chi connectivity index (χ3n) is 2.08. The van der Waals surface area contributed by atoms with Gasteiger partial charge >= 0.3 is 0 Å². The smallest absolute Gasteiger partial charge is 0.160 e. The van der Waals surface area contributed by atoms with Crippen LogP contribution >= 0.6 is 0 Å². The number of carbonyl (C=O) groups excluding carboxylic acids is 1. The van der Waals surface area contributed by atoms with Crippen molar-refractivity contribution in [2.24, 2.45) is 0 Å². The quantitative estimate of drug-likeness (QED) is 0.626. The molecule has 0 bridgehead atoms. The summed E-state index contributed by atoms with van der Waals surface area (Å²) in [5.41, 5.74) is 2.54. The van der Waals surface area contributed by atoms with Crippen LogP contribution < -0.4 is 0 Å². The highest BCUT2D eigenvalue weighted by atomic mass is 16.1. The minimum Gasteiger partial charge on any atom is -0.294 e. The maximum Gasteiger partial charge on any atom is 0.160 e. The molecule has 1 nitrogen and oxygen atoms in total. The molecule has 1 aliphatic carbocycles. The minimum atomic E-state index is 0.276. The van der Waals surface area contributed by atoms with Crippen LogP contribution in [0.25, 0.3) is 0 Å². The molecule has 0 saturated heterocycles. The summed E-state index contributed by atoms with van der Waals surface area (Å²) in [6.45, 7) is 4.26. The molecule has 0 aromatic heterocycles. The van der Waals surface area contributed by atoms with E-state index in [-0.39, 0.29) is 5.78 Å². The van der Waals surface area contributed by atoms with Crippen LogP contribution in [0.2, 0.25) is 0 Å². The lowest BCUT2D eigenvalue weighted by Crippen LogP contribution is -1.85. The second-order valence-electron chi connectivity index (χ2n) is 3.20. The molecule has 1 aliphatic rings. The molecule has 0 aromatic carbocycles. The van der Waals surface area contributed by atoms with Gasteiger partial charge in [-0.05, 0) is 30.1 Å². The summed E-state index contributed by atoms with van der Waals surface area (Å²) >= 11 is 0. The van der Waals surface area contributed by atoms with Gasteiger partial charge in [-0.2, -0.15) is 0 Å². The molecule has 0 amide bonds. The number of hydrogen-bond donors (Lipinski definition) is 0. The van der Waals surface area contributed by atoms with E-state index < -0.39 is 0 Å². The van der Waals surface area contributed by atoms with E-state index in [1.165, 1.54) is 11.1 Å². The van der Waals surface area contributed by atoms with Gasteiger partial charge in [0, 0.05) is 6.42 Å². The fourth-order valence-corrected chi connectivity index (χ4v) is 1.59. The third kappa shape index (κ3) is 2.07. The molecule has 1 rings (SSSR count). The lowest BCUT2D eigenvalue weighted by molar-refractivity contribution is -0.113. The van der Waals surface area contributed by atoms with Gasteiger partial charge in [0.15, 0.2) is 5.78 Å². The average Bonchev–Trinajstić information content (AvgIpc) is 2.33. The summed E-state index contributed by atoms with van der Waals surface area (Å²) in [4.78, 5) is 11.1. The van der Waals surface area contributed by atoms with Crippen LogP contribution in [0.15, 0.2) is 23.3 Å². The van der Waals surface area contributed by atoms with Crippen molar-refractivity contribution < 1.29 is 4.79 Å². The maximum atomic E-state index is 11.1. The molecule has 0 spiro atoms. The highest BCUT2D eigenvalue weighted by molar-refractivity contribution is 5.97. The zero-order chi connectivity index (χ0) is 8.97. The van der Waals surface area contributed by atoms with Crippen molar-refractivity contribution in [2.75, 3.05) is 0 Å². The maximum absolute atomic E-state index is 11.1. The largest absolute Gasteiger partial charge is 0.294 e. The Morgan fingerprint density at radius 3 is 2.83 bits per heavy atom. The Bertz CT molecular complexity index is 233. The summed E-state index contributed by atoms with van der Waals surface area (Å²) in [5, 5.41) is 0. The van der Waals surface area contributed by atoms with Crippen LogP contribution in [0.1, 0.15) is 39.5 Å². The molecule has 1 heteroatoms. The highest BCUT2D eigenvalue weighted by Gasteiger charge is 2.16. The Morgan fingerprint density at radius 2 is 2.25 bits per heavy atom. The van der Waals surface area contributed by atoms with Crippen molar-refractivity contribution in [3.63, 3.8) is 0 Å². The van der Waals surface area contributed by atoms with Gasteiger partial charge in [-0.15, -0.1) is 0 Å². The lowest BCUT2D eigenvalue weighted by atomic mass is 10.0. The number of carbonyl (C=O) groups is 1. The first-order valence-electron chi connectivity index (χ1n) is 4.70. The topological polar surface area (TPSA) is 17.1 Å². The summed E-state index contributed by atoms with van der Waals surface area (Å²) in [6.07, 6.45) is 7.84. The zero-order valence-corrected chi connectivity index (χ0v) is 7.89. The van der Waals surface area contributed by atoms with Crippen molar-refractivity contribution in [3.8, 4) is 0 Å². The predicted molar refractivity (Wildman–Crippen MR) is 51.0 cm³/mol. The van der Waals surface area contributed by atoms with Crippen molar-refractivity contribution in [1.82, 2.24) is 0 Å². The summed E-state index contributed by atoms with van der Waals surface area (Å²) in [6, 6.07) is 0. The van der Waals surface area contributed by atoms with Gasteiger partial charge in [0.1, 0.15) is 0 Å². The van der Waals surface area contributed by atoms with Crippen molar-refractivity contribution in [3.05, 3.63) is 23.3 Å². The minimum absolute atomic E-state index is 0.276. The molecule has 0 unspecified atom stereocenters. The monoisotopic (exact) mass is 164 g/mol. The van der Waals surface area contributed by atoms with Gasteiger partial charge < -0.3 is 0 Å². The van der Waals surface area contributed by atoms with E-state index in [1.54, 1.807) is 0 Å². The SMILES string of the molecule is CC/C=C1\CC(=O)C=C1CCC. The second-order valence-corrected chi connectivity index (χ2v) is 3.20. The van der Waals surface area contributed by atoms with Crippen LogP contribution in [0.5, 0.6) is 0 Å². The lowest BCUT2D eigenvalue weighted by Gasteiger charge is -2.01. The molecular formula is C11H16O. The van der Waals surface area contributed by atoms with Crippen LogP contribution in [-0.4, -0.2) is 5.78 Å². The second kappa shape index (κ2) is 4.24. The van der Waals surface area contributed by atoms with E-state index in [0.29, 0.717) is 6.42 Å². The highest BCUT2D eigenvalue weighted by Crippen LogP contribution is 2.26. The molecule has 0 saturated carbocycles. The number of rotatable bonds is 3. The van der Waals surface area contributed by atoms with E-state index in [2.05, 4.69) is 19.9 Å². The number of allylic oxidation sites excluding steroid dienone is 4. The normalized spacial score (nSPS) is 20.3. The van der Waals surface area contributed by atoms with Gasteiger partial charge in [0.2, 0.25) is 0 Å². The fourth-order valence-electron chi connectivity index (χ4n) is 1.59. The van der Waals surface area contributed by atoms with Gasteiger partial charge in [0.05, 0.1) is 0 Å². The number of ketones is 1. The summed E-state index contributed by atoms with van der Waals surface area (Å²) in [7, 11) is 0. The Morgan fingerprint density at radius 1 is 1.50 bits per heavy atom. The predicted octanol–water partition coefficient (Wildman–Crippen LogP) is 3.02. The molecule has 0 fully saturated rings. The van der Waals surface area contributed by atoms with E-state index in [1.807, 2.05) is 6.08 Å². The molecule has 12 heavy (non-hydrogen) atoms. The molecule has 0 N–H and O–H groups in total. The third-order valence-corrected chi connectivity index (χ3v) is 2.08. The first-order chi connectivity index (χ1) is 5.77. The van der Waals surface area contributed by atoms with Gasteiger partial charge in [-0.3, -0.25) is 4.79 Å². The first-order valence-corrected chi connectivity index (χ1v) is 4.70. The molecule has 0 aliphatic heterocycles. The van der Waals surface area contributed by atoms with E-state index in [9.17, 15) is 4.79 Å². The molecule has 0 atom stereocenters. The van der Waals surface area contributed by atoms with Crippen molar-refractivity contribution in [2.45, 2.75) is 39.5 Å². The summed E-state index contributed by atoms with van der Waals surface area (Å²) < 4.78 is 0. The van der Waals surface area contributed by atoms with Gasteiger partial charge in [-0.25, -0.2) is 0 Å². The van der Waals surface area contributed by atoms with Crippen LogP contribution in [0.3, 0.4) is 0 Å². The van der Waals surface area contributed by atoms with Gasteiger partial charge in [0.25, 0.3) is 0 Å². The van der Waals surface area contributed by atoms with Crippen LogP contribution in [-0.2, 0) is 4.79 Å². The van der Waals surface area contributed by atoms with E-state index in [0.717, 1.165) is 19.3 Å². The van der Waals surface area contributed by atoms with Gasteiger partial charge in [-0.1, -0.05) is 26.3 Å². The van der Waals surface area contributed by atoms with E-state index in [4.69, 9.17) is 0 Å². The Hall–Kier alpha value is -0.850.